The summed E-state index contributed by atoms with van der Waals surface area (Å²) >= 11 is 0. The van der Waals surface area contributed by atoms with Crippen LogP contribution in [0.1, 0.15) is 23.2 Å². The molecule has 1 saturated heterocycles. The molecule has 1 aromatic rings. The summed E-state index contributed by atoms with van der Waals surface area (Å²) in [5.74, 6) is -0.649. The highest BCUT2D eigenvalue weighted by Crippen LogP contribution is 2.28. The average molecular weight is 313 g/mol. The van der Waals surface area contributed by atoms with Gasteiger partial charge in [-0.3, -0.25) is 14.9 Å². The van der Waals surface area contributed by atoms with Crippen LogP contribution in [-0.2, 0) is 9.84 Å². The highest BCUT2D eigenvalue weighted by Gasteiger charge is 2.26. The van der Waals surface area contributed by atoms with Crippen LogP contribution in [0.2, 0.25) is 0 Å². The Morgan fingerprint density at radius 3 is 2.71 bits per heavy atom. The average Bonchev–Trinajstić information content (AvgIpc) is 2.37. The Bertz CT molecular complexity index is 686. The number of nitrogens with one attached hydrogen (secondary N) is 1. The smallest absolute Gasteiger partial charge is 0.292 e. The number of amides is 1. The fraction of sp³-hybridized carbons (Fsp3) is 0.417. The van der Waals surface area contributed by atoms with Crippen LogP contribution in [0.3, 0.4) is 0 Å². The van der Waals surface area contributed by atoms with Crippen LogP contribution in [0.4, 0.5) is 11.4 Å². The van der Waals surface area contributed by atoms with Gasteiger partial charge in [-0.15, -0.1) is 0 Å². The Kier molecular flexibility index (Phi) is 4.12. The van der Waals surface area contributed by atoms with Crippen molar-refractivity contribution in [3.8, 4) is 0 Å². The van der Waals surface area contributed by atoms with Crippen LogP contribution in [0.15, 0.2) is 18.2 Å². The molecule has 0 radical (unpaired) electrons. The monoisotopic (exact) mass is 313 g/mol. The van der Waals surface area contributed by atoms with Gasteiger partial charge < -0.3 is 11.1 Å². The number of nitrogens with zero attached hydrogens (tertiary/aromatic N) is 1. The van der Waals surface area contributed by atoms with Crippen LogP contribution in [-0.4, -0.2) is 36.8 Å². The van der Waals surface area contributed by atoms with Crippen molar-refractivity contribution >= 4 is 27.1 Å². The van der Waals surface area contributed by atoms with Crippen molar-refractivity contribution in [1.29, 1.82) is 0 Å². The van der Waals surface area contributed by atoms with Crippen LogP contribution < -0.4 is 11.1 Å². The molecular formula is C12H15N3O5S. The van der Waals surface area contributed by atoms with Gasteiger partial charge in [-0.05, 0) is 25.0 Å². The van der Waals surface area contributed by atoms with Crippen molar-refractivity contribution in [1.82, 2.24) is 0 Å². The van der Waals surface area contributed by atoms with Crippen LogP contribution in [0, 0.1) is 10.1 Å². The molecule has 1 aromatic carbocycles. The summed E-state index contributed by atoms with van der Waals surface area (Å²) in [6, 6.07) is 3.32. The first kappa shape index (κ1) is 15.2. The summed E-state index contributed by atoms with van der Waals surface area (Å²) in [7, 11) is -3.14. The van der Waals surface area contributed by atoms with E-state index in [0.29, 0.717) is 12.8 Å². The molecule has 1 aliphatic rings. The second-order valence-electron chi connectivity index (χ2n) is 4.95. The van der Waals surface area contributed by atoms with E-state index in [4.69, 9.17) is 5.73 Å². The Hall–Kier alpha value is -2.16. The zero-order chi connectivity index (χ0) is 15.6. The second kappa shape index (κ2) is 5.68. The summed E-state index contributed by atoms with van der Waals surface area (Å²) < 4.78 is 23.2. The maximum absolute atomic E-state index is 11.6. The minimum absolute atomic E-state index is 0.0784. The molecule has 0 aromatic heterocycles. The summed E-state index contributed by atoms with van der Waals surface area (Å²) in [6.07, 6.45) is 1.10. The second-order valence-corrected chi connectivity index (χ2v) is 7.18. The number of benzene rings is 1. The van der Waals surface area contributed by atoms with E-state index < -0.39 is 26.7 Å². The molecule has 9 heteroatoms. The van der Waals surface area contributed by atoms with Crippen molar-refractivity contribution in [3.63, 3.8) is 0 Å². The summed E-state index contributed by atoms with van der Waals surface area (Å²) in [5.41, 5.74) is 5.17. The first-order chi connectivity index (χ1) is 9.78. The van der Waals surface area contributed by atoms with E-state index in [1.54, 1.807) is 0 Å². The van der Waals surface area contributed by atoms with E-state index in [1.165, 1.54) is 18.2 Å². The van der Waals surface area contributed by atoms with E-state index in [0.717, 1.165) is 0 Å². The number of carbonyl (C=O) groups excluding carboxylic acids is 1. The SMILES string of the molecule is NC(=O)c1ccc([N+](=O)[O-])c(NC2CCCS(=O)(=O)C2)c1. The maximum Gasteiger partial charge on any atom is 0.292 e. The predicted molar refractivity (Wildman–Crippen MR) is 76.9 cm³/mol. The zero-order valence-corrected chi connectivity index (χ0v) is 11.9. The summed E-state index contributed by atoms with van der Waals surface area (Å²) in [6.45, 7) is 0. The normalized spacial score (nSPS) is 20.7. The number of carbonyl (C=O) groups is 1. The fourth-order valence-corrected chi connectivity index (χ4v) is 3.96. The standard InChI is InChI=1S/C12H15N3O5S/c13-12(16)8-3-4-11(15(17)18)10(6-8)14-9-2-1-5-21(19,20)7-9/h3-4,6,9,14H,1-2,5,7H2,(H2,13,16). The van der Waals surface area contributed by atoms with Crippen molar-refractivity contribution < 1.29 is 18.1 Å². The number of sulfone groups is 1. The number of hydrogen-bond donors (Lipinski definition) is 2. The number of rotatable bonds is 4. The highest BCUT2D eigenvalue weighted by atomic mass is 32.2. The van der Waals surface area contributed by atoms with Crippen molar-refractivity contribution in [2.75, 3.05) is 16.8 Å². The molecule has 3 N–H and O–H groups in total. The number of hydrogen-bond acceptors (Lipinski definition) is 6. The lowest BCUT2D eigenvalue weighted by Gasteiger charge is -2.24. The van der Waals surface area contributed by atoms with Gasteiger partial charge in [0.1, 0.15) is 5.69 Å². The molecule has 1 amide bonds. The molecule has 1 atom stereocenters. The number of nitro benzene ring substituents is 1. The predicted octanol–water partition coefficient (Wildman–Crippen LogP) is 0.683. The molecule has 8 nitrogen and oxygen atoms in total. The van der Waals surface area contributed by atoms with Gasteiger partial charge in [0.25, 0.3) is 5.69 Å². The van der Waals surface area contributed by atoms with E-state index in [2.05, 4.69) is 5.32 Å². The van der Waals surface area contributed by atoms with Crippen LogP contribution in [0.5, 0.6) is 0 Å². The molecule has 1 heterocycles. The Balaban J connectivity index is 2.30. The van der Waals surface area contributed by atoms with Gasteiger partial charge >= 0.3 is 0 Å². The molecule has 0 aliphatic carbocycles. The highest BCUT2D eigenvalue weighted by molar-refractivity contribution is 7.91. The first-order valence-corrected chi connectivity index (χ1v) is 8.16. The van der Waals surface area contributed by atoms with Gasteiger partial charge in [-0.25, -0.2) is 8.42 Å². The molecule has 1 unspecified atom stereocenters. The lowest BCUT2D eigenvalue weighted by atomic mass is 10.1. The van der Waals surface area contributed by atoms with Crippen LogP contribution >= 0.6 is 0 Å². The summed E-state index contributed by atoms with van der Waals surface area (Å²) in [4.78, 5) is 21.6. The number of nitro groups is 1. The quantitative estimate of drug-likeness (QED) is 0.620. The van der Waals surface area contributed by atoms with E-state index in [-0.39, 0.29) is 28.4 Å². The van der Waals surface area contributed by atoms with Gasteiger partial charge in [0.05, 0.1) is 16.4 Å². The van der Waals surface area contributed by atoms with Crippen molar-refractivity contribution in [2.45, 2.75) is 18.9 Å². The number of primary amides is 1. The van der Waals surface area contributed by atoms with Gasteiger partial charge in [0.15, 0.2) is 9.84 Å². The third kappa shape index (κ3) is 3.69. The van der Waals surface area contributed by atoms with E-state index in [9.17, 15) is 23.3 Å². The molecule has 0 bridgehead atoms. The largest absolute Gasteiger partial charge is 0.376 e. The lowest BCUT2D eigenvalue weighted by Crippen LogP contribution is -2.35. The lowest BCUT2D eigenvalue weighted by molar-refractivity contribution is -0.384. The minimum Gasteiger partial charge on any atom is -0.376 e. The van der Waals surface area contributed by atoms with Crippen molar-refractivity contribution in [3.05, 3.63) is 33.9 Å². The molecular weight excluding hydrogens is 298 g/mol. The molecule has 1 fully saturated rings. The van der Waals surface area contributed by atoms with Crippen LogP contribution in [0.25, 0.3) is 0 Å². The van der Waals surface area contributed by atoms with E-state index >= 15 is 0 Å². The van der Waals surface area contributed by atoms with E-state index in [1.807, 2.05) is 0 Å². The maximum atomic E-state index is 11.6. The topological polar surface area (TPSA) is 132 Å². The molecule has 0 spiro atoms. The number of anilines is 1. The Morgan fingerprint density at radius 2 is 2.14 bits per heavy atom. The summed E-state index contributed by atoms with van der Waals surface area (Å²) in [5, 5.41) is 13.9. The molecule has 114 valence electrons. The van der Waals surface area contributed by atoms with Gasteiger partial charge in [0, 0.05) is 17.7 Å². The molecule has 2 rings (SSSR count). The third-order valence-corrected chi connectivity index (χ3v) is 5.12. The fourth-order valence-electron chi connectivity index (χ4n) is 2.32. The number of nitrogens with two attached hydrogens (primary N) is 1. The first-order valence-electron chi connectivity index (χ1n) is 6.34. The molecule has 0 saturated carbocycles. The third-order valence-electron chi connectivity index (χ3n) is 3.30. The Morgan fingerprint density at radius 1 is 1.43 bits per heavy atom. The van der Waals surface area contributed by atoms with Gasteiger partial charge in [-0.1, -0.05) is 0 Å². The Labute approximate surface area is 121 Å². The molecule has 1 aliphatic heterocycles. The van der Waals surface area contributed by atoms with Gasteiger partial charge in [0.2, 0.25) is 5.91 Å². The molecule has 21 heavy (non-hydrogen) atoms. The zero-order valence-electron chi connectivity index (χ0n) is 11.1. The minimum atomic E-state index is -3.14. The van der Waals surface area contributed by atoms with Crippen molar-refractivity contribution in [2.24, 2.45) is 5.73 Å². The van der Waals surface area contributed by atoms with Gasteiger partial charge in [-0.2, -0.15) is 0 Å².